The number of carbonyl (C=O) groups excluding carboxylic acids is 1. The van der Waals surface area contributed by atoms with E-state index < -0.39 is 4.75 Å². The number of amidine groups is 1. The first-order valence-electron chi connectivity index (χ1n) is 6.57. The van der Waals surface area contributed by atoms with Crippen LogP contribution in [0.4, 0.5) is 0 Å². The first-order chi connectivity index (χ1) is 8.93. The minimum absolute atomic E-state index is 0.0322. The van der Waals surface area contributed by atoms with E-state index in [1.165, 1.54) is 5.56 Å². The number of thioether (sulfide) groups is 1. The fourth-order valence-corrected chi connectivity index (χ4v) is 3.04. The highest BCUT2D eigenvalue weighted by atomic mass is 32.2. The summed E-state index contributed by atoms with van der Waals surface area (Å²) < 4.78 is -0.432. The first kappa shape index (κ1) is 14.1. The number of amides is 1. The monoisotopic (exact) mass is 276 g/mol. The third kappa shape index (κ3) is 2.84. The Kier molecular flexibility index (Phi) is 3.99. The summed E-state index contributed by atoms with van der Waals surface area (Å²) in [5, 5.41) is 4.06. The van der Waals surface area contributed by atoms with Crippen molar-refractivity contribution in [3.8, 4) is 0 Å². The van der Waals surface area contributed by atoms with Gasteiger partial charge in [-0.05, 0) is 25.3 Å². The number of aliphatic imine (C=N–C) groups is 1. The van der Waals surface area contributed by atoms with Crippen LogP contribution in [0.2, 0.25) is 0 Å². The predicted octanol–water partition coefficient (Wildman–Crippen LogP) is 3.38. The molecule has 2 rings (SSSR count). The molecule has 19 heavy (non-hydrogen) atoms. The second kappa shape index (κ2) is 5.37. The van der Waals surface area contributed by atoms with Gasteiger partial charge in [0.2, 0.25) is 0 Å². The van der Waals surface area contributed by atoms with Crippen molar-refractivity contribution in [3.05, 3.63) is 35.9 Å². The summed E-state index contributed by atoms with van der Waals surface area (Å²) in [5.41, 5.74) is 1.19. The molecule has 1 heterocycles. The number of rotatable bonds is 3. The molecule has 0 unspecified atom stereocenters. The molecule has 0 bridgehead atoms. The second-order valence-electron chi connectivity index (χ2n) is 5.36. The average molecular weight is 276 g/mol. The van der Waals surface area contributed by atoms with E-state index >= 15 is 0 Å². The minimum atomic E-state index is -0.432. The molecule has 0 spiro atoms. The van der Waals surface area contributed by atoms with Crippen LogP contribution in [0.5, 0.6) is 0 Å². The number of nitrogens with one attached hydrogen (secondary N) is 1. The van der Waals surface area contributed by atoms with Crippen LogP contribution in [-0.4, -0.2) is 15.8 Å². The van der Waals surface area contributed by atoms with Gasteiger partial charge in [0.05, 0.1) is 6.04 Å². The summed E-state index contributed by atoms with van der Waals surface area (Å²) in [6.45, 7) is 8.16. The van der Waals surface area contributed by atoms with E-state index in [0.717, 1.165) is 5.17 Å². The van der Waals surface area contributed by atoms with Gasteiger partial charge in [-0.15, -0.1) is 0 Å². The van der Waals surface area contributed by atoms with E-state index in [1.54, 1.807) is 11.8 Å². The Morgan fingerprint density at radius 2 is 1.84 bits per heavy atom. The topological polar surface area (TPSA) is 41.5 Å². The molecule has 1 aromatic rings. The molecule has 1 aliphatic heterocycles. The Bertz CT molecular complexity index is 498. The Morgan fingerprint density at radius 1 is 1.21 bits per heavy atom. The van der Waals surface area contributed by atoms with Gasteiger partial charge in [0.25, 0.3) is 5.91 Å². The molecule has 0 aromatic heterocycles. The molecule has 1 aromatic carbocycles. The molecule has 0 fully saturated rings. The van der Waals surface area contributed by atoms with Crippen LogP contribution >= 0.6 is 11.8 Å². The highest BCUT2D eigenvalue weighted by Crippen LogP contribution is 2.39. The maximum atomic E-state index is 12.0. The van der Waals surface area contributed by atoms with Crippen molar-refractivity contribution >= 4 is 22.8 Å². The molecule has 1 N–H and O–H groups in total. The van der Waals surface area contributed by atoms with Crippen LogP contribution in [0.15, 0.2) is 35.3 Å². The summed E-state index contributed by atoms with van der Waals surface area (Å²) in [4.78, 5) is 16.2. The van der Waals surface area contributed by atoms with Gasteiger partial charge in [-0.25, -0.2) is 0 Å². The zero-order valence-electron chi connectivity index (χ0n) is 11.8. The van der Waals surface area contributed by atoms with Crippen molar-refractivity contribution in [3.63, 3.8) is 0 Å². The molecule has 1 amide bonds. The lowest BCUT2D eigenvalue weighted by Crippen LogP contribution is -2.34. The van der Waals surface area contributed by atoms with Crippen molar-refractivity contribution < 1.29 is 4.79 Å². The highest BCUT2D eigenvalue weighted by molar-refractivity contribution is 8.16. The largest absolute Gasteiger partial charge is 0.358 e. The molecule has 0 radical (unpaired) electrons. The standard InChI is InChI=1S/C15H20N2OS/c1-10(2)15(4)13(18)17-14(19-15)16-11(3)12-8-6-5-7-9-12/h5-11H,1-4H3,(H,16,17,18)/t11-,15-/m0/s1. The van der Waals surface area contributed by atoms with Gasteiger partial charge in [0.1, 0.15) is 4.75 Å². The van der Waals surface area contributed by atoms with Crippen molar-refractivity contribution in [1.29, 1.82) is 0 Å². The summed E-state index contributed by atoms with van der Waals surface area (Å²) in [5.74, 6) is 0.232. The predicted molar refractivity (Wildman–Crippen MR) is 81.3 cm³/mol. The third-order valence-corrected chi connectivity index (χ3v) is 5.15. The molecule has 2 atom stereocenters. The first-order valence-corrected chi connectivity index (χ1v) is 7.38. The van der Waals surface area contributed by atoms with Crippen LogP contribution < -0.4 is 5.32 Å². The van der Waals surface area contributed by atoms with Crippen LogP contribution in [0.3, 0.4) is 0 Å². The summed E-state index contributed by atoms with van der Waals surface area (Å²) in [7, 11) is 0. The smallest absolute Gasteiger partial charge is 0.264 e. The zero-order chi connectivity index (χ0) is 14.0. The van der Waals surface area contributed by atoms with E-state index in [9.17, 15) is 4.79 Å². The number of hydrogen-bond donors (Lipinski definition) is 1. The molecular weight excluding hydrogens is 256 g/mol. The normalized spacial score (nSPS) is 24.5. The summed E-state index contributed by atoms with van der Waals surface area (Å²) in [6, 6.07) is 10.3. The molecule has 3 nitrogen and oxygen atoms in total. The van der Waals surface area contributed by atoms with Crippen LogP contribution in [0.25, 0.3) is 0 Å². The van der Waals surface area contributed by atoms with Crippen molar-refractivity contribution in [1.82, 2.24) is 5.32 Å². The summed E-state index contributed by atoms with van der Waals surface area (Å²) >= 11 is 1.54. The molecule has 1 aliphatic rings. The van der Waals surface area contributed by atoms with E-state index in [1.807, 2.05) is 25.1 Å². The van der Waals surface area contributed by atoms with Gasteiger partial charge in [-0.1, -0.05) is 55.9 Å². The lowest BCUT2D eigenvalue weighted by atomic mass is 9.96. The van der Waals surface area contributed by atoms with E-state index in [0.29, 0.717) is 0 Å². The number of nitrogens with zero attached hydrogens (tertiary/aromatic N) is 1. The van der Waals surface area contributed by atoms with Gasteiger partial charge in [0, 0.05) is 0 Å². The second-order valence-corrected chi connectivity index (χ2v) is 6.80. The maximum absolute atomic E-state index is 12.0. The Balaban J connectivity index is 2.06. The lowest BCUT2D eigenvalue weighted by Gasteiger charge is -2.24. The van der Waals surface area contributed by atoms with Gasteiger partial charge >= 0.3 is 0 Å². The highest BCUT2D eigenvalue weighted by Gasteiger charge is 2.43. The molecule has 0 saturated heterocycles. The van der Waals surface area contributed by atoms with E-state index in [2.05, 4.69) is 43.2 Å². The lowest BCUT2D eigenvalue weighted by molar-refractivity contribution is -0.120. The van der Waals surface area contributed by atoms with E-state index in [-0.39, 0.29) is 17.9 Å². The maximum Gasteiger partial charge on any atom is 0.264 e. The quantitative estimate of drug-likeness (QED) is 0.920. The zero-order valence-corrected chi connectivity index (χ0v) is 12.6. The molecule has 102 valence electrons. The molecular formula is C15H20N2OS. The fourth-order valence-electron chi connectivity index (χ4n) is 1.91. The Labute approximate surface area is 118 Å². The number of hydrogen-bond acceptors (Lipinski definition) is 3. The third-order valence-electron chi connectivity index (χ3n) is 3.68. The minimum Gasteiger partial charge on any atom is -0.358 e. The van der Waals surface area contributed by atoms with Crippen LogP contribution in [0, 0.1) is 5.92 Å². The Morgan fingerprint density at radius 3 is 2.37 bits per heavy atom. The number of benzene rings is 1. The van der Waals surface area contributed by atoms with Gasteiger partial charge in [0.15, 0.2) is 5.17 Å². The van der Waals surface area contributed by atoms with Crippen molar-refractivity contribution in [2.45, 2.75) is 38.5 Å². The number of carbonyl (C=O) groups is 1. The average Bonchev–Trinajstić information content (AvgIpc) is 2.67. The van der Waals surface area contributed by atoms with Crippen LogP contribution in [0.1, 0.15) is 39.3 Å². The van der Waals surface area contributed by atoms with Crippen LogP contribution in [-0.2, 0) is 4.79 Å². The van der Waals surface area contributed by atoms with Crippen molar-refractivity contribution in [2.75, 3.05) is 0 Å². The fraction of sp³-hybridized carbons (Fsp3) is 0.467. The van der Waals surface area contributed by atoms with Gasteiger partial charge in [-0.3, -0.25) is 4.79 Å². The summed E-state index contributed by atoms with van der Waals surface area (Å²) in [6.07, 6.45) is 0. The van der Waals surface area contributed by atoms with Crippen molar-refractivity contribution in [2.24, 2.45) is 10.9 Å². The van der Waals surface area contributed by atoms with Gasteiger partial charge < -0.3 is 5.32 Å². The Hall–Kier alpha value is -1.29. The SMILES string of the molecule is CC(C)[C@]1(C)SC(N[C@@H](C)c2ccccc2)=NC1=O. The molecule has 0 saturated carbocycles. The van der Waals surface area contributed by atoms with Gasteiger partial charge in [-0.2, -0.15) is 4.99 Å². The molecule has 4 heteroatoms. The molecule has 0 aliphatic carbocycles. The van der Waals surface area contributed by atoms with E-state index in [4.69, 9.17) is 0 Å².